The highest BCUT2D eigenvalue weighted by molar-refractivity contribution is 6.31. The van der Waals surface area contributed by atoms with Crippen LogP contribution in [0.15, 0.2) is 12.1 Å². The minimum absolute atomic E-state index is 0.289. The fourth-order valence-electron chi connectivity index (χ4n) is 2.05. The third kappa shape index (κ3) is 1.94. The summed E-state index contributed by atoms with van der Waals surface area (Å²) in [4.78, 5) is 4.27. The van der Waals surface area contributed by atoms with E-state index in [1.165, 1.54) is 6.07 Å². The van der Waals surface area contributed by atoms with Gasteiger partial charge in [0, 0.05) is 16.1 Å². The molecule has 0 saturated heterocycles. The molecule has 0 aliphatic rings. The maximum atomic E-state index is 13.8. The number of nitrogens with zero attached hydrogens (tertiary/aromatic N) is 1. The second-order valence-electron chi connectivity index (χ2n) is 3.83. The van der Waals surface area contributed by atoms with Crippen LogP contribution in [0.4, 0.5) is 10.1 Å². The number of aromatic nitrogens is 1. The molecule has 0 aliphatic heterocycles. The van der Waals surface area contributed by atoms with E-state index in [1.807, 2.05) is 13.8 Å². The Balaban J connectivity index is 2.93. The molecule has 2 rings (SSSR count). The number of nitrogens with two attached hydrogens (primary N) is 1. The fraction of sp³-hybridized carbons (Fsp3) is 0.250. The number of nitrogen functional groups attached to an aromatic ring is 1. The number of fused-ring (bicyclic) bond motifs is 1. The number of hydrogen-bond acceptors (Lipinski definition) is 3. The van der Waals surface area contributed by atoms with Gasteiger partial charge in [0.2, 0.25) is 0 Å². The number of aryl methyl sites for hydroxylation is 1. The highest BCUT2D eigenvalue weighted by Gasteiger charge is 2.14. The van der Waals surface area contributed by atoms with Crippen molar-refractivity contribution < 1.29 is 4.39 Å². The molecule has 5 heteroatoms. The van der Waals surface area contributed by atoms with Crippen molar-refractivity contribution >= 4 is 28.2 Å². The van der Waals surface area contributed by atoms with Gasteiger partial charge in [-0.2, -0.15) is 0 Å². The van der Waals surface area contributed by atoms with Gasteiger partial charge in [0.25, 0.3) is 0 Å². The van der Waals surface area contributed by atoms with Gasteiger partial charge in [-0.15, -0.1) is 0 Å². The Bertz CT molecular complexity index is 584. The van der Waals surface area contributed by atoms with Gasteiger partial charge in [-0.3, -0.25) is 5.84 Å². The van der Waals surface area contributed by atoms with Crippen LogP contribution in [0, 0.1) is 12.7 Å². The van der Waals surface area contributed by atoms with Crippen LogP contribution in [0.3, 0.4) is 0 Å². The van der Waals surface area contributed by atoms with E-state index in [-0.39, 0.29) is 5.52 Å². The third-order valence-electron chi connectivity index (χ3n) is 2.81. The number of nitrogens with one attached hydrogen (secondary N) is 1. The Morgan fingerprint density at radius 2 is 2.18 bits per heavy atom. The molecule has 0 aliphatic carbocycles. The predicted octanol–water partition coefficient (Wildman–Crippen LogP) is 3.18. The van der Waals surface area contributed by atoms with Gasteiger partial charge in [0.1, 0.15) is 5.52 Å². The lowest BCUT2D eigenvalue weighted by Crippen LogP contribution is -2.12. The first-order valence-electron chi connectivity index (χ1n) is 5.33. The van der Waals surface area contributed by atoms with E-state index in [0.717, 1.165) is 17.7 Å². The summed E-state index contributed by atoms with van der Waals surface area (Å²) in [5.41, 5.74) is 5.35. The number of hydrogen-bond donors (Lipinski definition) is 2. The van der Waals surface area contributed by atoms with Crippen LogP contribution in [0.2, 0.25) is 5.02 Å². The molecule has 3 nitrogen and oxygen atoms in total. The molecule has 1 aromatic carbocycles. The predicted molar refractivity (Wildman–Crippen MR) is 68.6 cm³/mol. The molecule has 3 N–H and O–H groups in total. The third-order valence-corrected chi connectivity index (χ3v) is 3.03. The molecule has 1 aromatic heterocycles. The number of rotatable bonds is 2. The van der Waals surface area contributed by atoms with Gasteiger partial charge in [0.15, 0.2) is 5.82 Å². The topological polar surface area (TPSA) is 50.9 Å². The molecule has 17 heavy (non-hydrogen) atoms. The number of pyridine rings is 1. The van der Waals surface area contributed by atoms with Crippen molar-refractivity contribution in [2.75, 3.05) is 5.43 Å². The Hall–Kier alpha value is -1.39. The van der Waals surface area contributed by atoms with E-state index < -0.39 is 5.82 Å². The standard InChI is InChI=1S/C12H13ClFN3/c1-3-8-6(2)16-12-9(11(8)17-15)4-7(13)5-10(12)14/h4-5H,3,15H2,1-2H3,(H,16,17). The maximum absolute atomic E-state index is 13.8. The van der Waals surface area contributed by atoms with Crippen molar-refractivity contribution in [1.82, 2.24) is 4.98 Å². The van der Waals surface area contributed by atoms with Crippen molar-refractivity contribution in [3.05, 3.63) is 34.2 Å². The van der Waals surface area contributed by atoms with Crippen molar-refractivity contribution in [3.8, 4) is 0 Å². The molecule has 0 bridgehead atoms. The number of halogens is 2. The summed E-state index contributed by atoms with van der Waals surface area (Å²) < 4.78 is 13.8. The zero-order chi connectivity index (χ0) is 12.6. The molecule has 2 aromatic rings. The number of anilines is 1. The Morgan fingerprint density at radius 1 is 1.47 bits per heavy atom. The summed E-state index contributed by atoms with van der Waals surface area (Å²) in [7, 11) is 0. The van der Waals surface area contributed by atoms with Crippen LogP contribution >= 0.6 is 11.6 Å². The second-order valence-corrected chi connectivity index (χ2v) is 4.27. The SMILES string of the molecule is CCc1c(C)nc2c(F)cc(Cl)cc2c1NN. The van der Waals surface area contributed by atoms with Gasteiger partial charge in [0.05, 0.1) is 5.69 Å². The van der Waals surface area contributed by atoms with E-state index >= 15 is 0 Å². The van der Waals surface area contributed by atoms with Crippen LogP contribution in [0.1, 0.15) is 18.2 Å². The normalized spacial score (nSPS) is 10.9. The van der Waals surface area contributed by atoms with Crippen LogP contribution < -0.4 is 11.3 Å². The molecule has 0 saturated carbocycles. The van der Waals surface area contributed by atoms with Crippen molar-refractivity contribution in [2.24, 2.45) is 5.84 Å². The lowest BCUT2D eigenvalue weighted by atomic mass is 10.0. The Morgan fingerprint density at radius 3 is 2.76 bits per heavy atom. The molecule has 90 valence electrons. The van der Waals surface area contributed by atoms with E-state index in [4.69, 9.17) is 17.4 Å². The van der Waals surface area contributed by atoms with Gasteiger partial charge >= 0.3 is 0 Å². The highest BCUT2D eigenvalue weighted by atomic mass is 35.5. The molecule has 0 unspecified atom stereocenters. The second kappa shape index (κ2) is 4.47. The monoisotopic (exact) mass is 253 g/mol. The largest absolute Gasteiger partial charge is 0.323 e. The van der Waals surface area contributed by atoms with Crippen LogP contribution in [-0.2, 0) is 6.42 Å². The molecule has 0 atom stereocenters. The Kier molecular flexibility index (Phi) is 3.17. The van der Waals surface area contributed by atoms with Gasteiger partial charge < -0.3 is 5.43 Å². The number of benzene rings is 1. The van der Waals surface area contributed by atoms with Gasteiger partial charge in [-0.05, 0) is 31.0 Å². The summed E-state index contributed by atoms with van der Waals surface area (Å²) in [5.74, 6) is 5.08. The maximum Gasteiger partial charge on any atom is 0.150 e. The molecule has 0 fully saturated rings. The van der Waals surface area contributed by atoms with Crippen LogP contribution in [-0.4, -0.2) is 4.98 Å². The molecule has 1 heterocycles. The first-order chi connectivity index (χ1) is 8.08. The van der Waals surface area contributed by atoms with E-state index in [2.05, 4.69) is 10.4 Å². The minimum atomic E-state index is -0.435. The summed E-state index contributed by atoms with van der Waals surface area (Å²) in [6, 6.07) is 2.92. The van der Waals surface area contributed by atoms with Crippen molar-refractivity contribution in [1.29, 1.82) is 0 Å². The summed E-state index contributed by atoms with van der Waals surface area (Å²) in [6.45, 7) is 3.84. The molecule has 0 radical (unpaired) electrons. The average molecular weight is 254 g/mol. The summed E-state index contributed by atoms with van der Waals surface area (Å²) in [5, 5.41) is 0.944. The van der Waals surface area contributed by atoms with E-state index in [1.54, 1.807) is 6.07 Å². The van der Waals surface area contributed by atoms with Gasteiger partial charge in [-0.1, -0.05) is 18.5 Å². The number of hydrazine groups is 1. The highest BCUT2D eigenvalue weighted by Crippen LogP contribution is 2.31. The quantitative estimate of drug-likeness (QED) is 0.638. The van der Waals surface area contributed by atoms with Crippen molar-refractivity contribution in [3.63, 3.8) is 0 Å². The summed E-state index contributed by atoms with van der Waals surface area (Å²) in [6.07, 6.45) is 0.766. The zero-order valence-electron chi connectivity index (χ0n) is 9.64. The Labute approximate surface area is 104 Å². The van der Waals surface area contributed by atoms with Crippen molar-refractivity contribution in [2.45, 2.75) is 20.3 Å². The first-order valence-corrected chi connectivity index (χ1v) is 5.71. The molecular formula is C12H13ClFN3. The zero-order valence-corrected chi connectivity index (χ0v) is 10.4. The fourth-order valence-corrected chi connectivity index (χ4v) is 2.25. The smallest absolute Gasteiger partial charge is 0.150 e. The lowest BCUT2D eigenvalue weighted by molar-refractivity contribution is 0.636. The van der Waals surface area contributed by atoms with E-state index in [9.17, 15) is 4.39 Å². The lowest BCUT2D eigenvalue weighted by Gasteiger charge is -2.14. The average Bonchev–Trinajstić information content (AvgIpc) is 2.28. The summed E-state index contributed by atoms with van der Waals surface area (Å²) >= 11 is 5.85. The molecule has 0 amide bonds. The van der Waals surface area contributed by atoms with E-state index in [0.29, 0.717) is 16.1 Å². The van der Waals surface area contributed by atoms with Crippen LogP contribution in [0.25, 0.3) is 10.9 Å². The molecule has 0 spiro atoms. The molecular weight excluding hydrogens is 241 g/mol. The van der Waals surface area contributed by atoms with Gasteiger partial charge in [-0.25, -0.2) is 9.37 Å². The minimum Gasteiger partial charge on any atom is -0.323 e. The van der Waals surface area contributed by atoms with Crippen LogP contribution in [0.5, 0.6) is 0 Å². The first kappa shape index (κ1) is 12.1.